The topological polar surface area (TPSA) is 59.9 Å². The lowest BCUT2D eigenvalue weighted by molar-refractivity contribution is -0.122. The van der Waals surface area contributed by atoms with Gasteiger partial charge in [0.1, 0.15) is 0 Å². The predicted molar refractivity (Wildman–Crippen MR) is 119 cm³/mol. The molecule has 3 aromatic carbocycles. The largest absolute Gasteiger partial charge is 0.493 e. The normalized spacial score (nSPS) is 11.8. The second kappa shape index (κ2) is 10.3. The number of ether oxygens (including phenoxy) is 2. The Morgan fingerprint density at radius 2 is 1.67 bits per heavy atom. The highest BCUT2D eigenvalue weighted by Gasteiger charge is 2.21. The van der Waals surface area contributed by atoms with Gasteiger partial charge in [-0.2, -0.15) is 5.10 Å². The zero-order valence-electron chi connectivity index (χ0n) is 17.5. The maximum Gasteiger partial charge on any atom is 0.247 e. The Hall–Kier alpha value is -3.60. The first-order valence-corrected chi connectivity index (χ1v) is 9.76. The minimum absolute atomic E-state index is 0.152. The van der Waals surface area contributed by atoms with Crippen LogP contribution in [0.25, 0.3) is 0 Å². The molecule has 5 heteroatoms. The van der Waals surface area contributed by atoms with E-state index in [2.05, 4.69) is 29.6 Å². The summed E-state index contributed by atoms with van der Waals surface area (Å²) < 4.78 is 10.5. The minimum Gasteiger partial charge on any atom is -0.493 e. The molecular weight excluding hydrogens is 376 g/mol. The van der Waals surface area contributed by atoms with Crippen LogP contribution in [0, 0.1) is 6.92 Å². The molecule has 0 radical (unpaired) electrons. The van der Waals surface area contributed by atoms with Crippen LogP contribution in [-0.4, -0.2) is 26.3 Å². The molecule has 1 amide bonds. The van der Waals surface area contributed by atoms with Crippen LogP contribution in [0.4, 0.5) is 0 Å². The number of nitrogens with one attached hydrogen (secondary N) is 1. The van der Waals surface area contributed by atoms with Crippen molar-refractivity contribution in [1.82, 2.24) is 5.43 Å². The molecule has 5 nitrogen and oxygen atoms in total. The van der Waals surface area contributed by atoms with Gasteiger partial charge in [0.15, 0.2) is 11.5 Å². The van der Waals surface area contributed by atoms with E-state index in [0.29, 0.717) is 17.9 Å². The number of benzene rings is 3. The summed E-state index contributed by atoms with van der Waals surface area (Å²) in [5, 5.41) is 4.16. The molecule has 0 aliphatic carbocycles. The fourth-order valence-electron chi connectivity index (χ4n) is 3.29. The van der Waals surface area contributed by atoms with Crippen molar-refractivity contribution in [3.05, 3.63) is 95.1 Å². The molecule has 3 aromatic rings. The third kappa shape index (κ3) is 5.26. The lowest BCUT2D eigenvalue weighted by atomic mass is 9.90. The number of carbonyl (C=O) groups excluding carboxylic acids is 1. The van der Waals surface area contributed by atoms with E-state index in [9.17, 15) is 4.79 Å². The molecule has 0 aliphatic heterocycles. The quantitative estimate of drug-likeness (QED) is 0.446. The first-order valence-electron chi connectivity index (χ1n) is 9.76. The number of rotatable bonds is 8. The molecule has 0 heterocycles. The van der Waals surface area contributed by atoms with E-state index in [0.717, 1.165) is 16.7 Å². The highest BCUT2D eigenvalue weighted by molar-refractivity contribution is 5.86. The van der Waals surface area contributed by atoms with Crippen LogP contribution in [0.2, 0.25) is 0 Å². The molecule has 0 bridgehead atoms. The predicted octanol–water partition coefficient (Wildman–Crippen LogP) is 4.49. The van der Waals surface area contributed by atoms with Crippen molar-refractivity contribution in [2.75, 3.05) is 14.2 Å². The number of hydrogen-bond acceptors (Lipinski definition) is 4. The lowest BCUT2D eigenvalue weighted by Crippen LogP contribution is -2.27. The molecule has 0 unspecified atom stereocenters. The zero-order valence-corrected chi connectivity index (χ0v) is 17.5. The lowest BCUT2D eigenvalue weighted by Gasteiger charge is -2.17. The van der Waals surface area contributed by atoms with E-state index >= 15 is 0 Å². The van der Waals surface area contributed by atoms with Crippen molar-refractivity contribution in [2.45, 2.75) is 19.3 Å². The molecular formula is C25H26N2O3. The van der Waals surface area contributed by atoms with Crippen LogP contribution < -0.4 is 14.9 Å². The van der Waals surface area contributed by atoms with Crippen molar-refractivity contribution in [3.8, 4) is 11.5 Å². The Kier molecular flexibility index (Phi) is 7.22. The summed E-state index contributed by atoms with van der Waals surface area (Å²) in [5.74, 6) is 0.756. The maximum atomic E-state index is 13.0. The summed E-state index contributed by atoms with van der Waals surface area (Å²) in [4.78, 5) is 13.0. The van der Waals surface area contributed by atoms with Crippen molar-refractivity contribution < 1.29 is 14.3 Å². The molecule has 0 saturated carbocycles. The molecule has 154 valence electrons. The summed E-state index contributed by atoms with van der Waals surface area (Å²) in [7, 11) is 3.17. The minimum atomic E-state index is -0.338. The van der Waals surface area contributed by atoms with Gasteiger partial charge in [-0.05, 0) is 53.8 Å². The third-order valence-electron chi connectivity index (χ3n) is 5.00. The molecule has 1 N–H and O–H groups in total. The SMILES string of the molecule is COc1ccc(/C=N\NC(=O)[C@@H](Cc2ccccc2C)c2ccccc2)cc1OC. The number of nitrogens with zero attached hydrogens (tertiary/aromatic N) is 1. The van der Waals surface area contributed by atoms with Gasteiger partial charge >= 0.3 is 0 Å². The van der Waals surface area contributed by atoms with Crippen LogP contribution in [0.1, 0.15) is 28.2 Å². The third-order valence-corrected chi connectivity index (χ3v) is 5.00. The summed E-state index contributed by atoms with van der Waals surface area (Å²) in [6.45, 7) is 2.06. The fourth-order valence-corrected chi connectivity index (χ4v) is 3.29. The number of methoxy groups -OCH3 is 2. The Labute approximate surface area is 177 Å². The van der Waals surface area contributed by atoms with E-state index in [-0.39, 0.29) is 11.8 Å². The van der Waals surface area contributed by atoms with Crippen LogP contribution in [0.5, 0.6) is 11.5 Å². The fraction of sp³-hybridized carbons (Fsp3) is 0.200. The van der Waals surface area contributed by atoms with Gasteiger partial charge in [-0.15, -0.1) is 0 Å². The van der Waals surface area contributed by atoms with Gasteiger partial charge in [-0.1, -0.05) is 54.6 Å². The van der Waals surface area contributed by atoms with Gasteiger partial charge < -0.3 is 9.47 Å². The molecule has 0 saturated heterocycles. The smallest absolute Gasteiger partial charge is 0.247 e. The standard InChI is InChI=1S/C25H26N2O3/c1-18-9-7-8-12-21(18)16-22(20-10-5-4-6-11-20)25(28)27-26-17-19-13-14-23(29-2)24(15-19)30-3/h4-15,17,22H,16H2,1-3H3,(H,27,28)/b26-17-/t22-/m0/s1. The average Bonchev–Trinajstić information content (AvgIpc) is 2.78. The maximum absolute atomic E-state index is 13.0. The monoisotopic (exact) mass is 402 g/mol. The Balaban J connectivity index is 1.77. The van der Waals surface area contributed by atoms with Crippen molar-refractivity contribution in [3.63, 3.8) is 0 Å². The average molecular weight is 402 g/mol. The number of hydrogen-bond donors (Lipinski definition) is 1. The number of hydrazone groups is 1. The molecule has 0 spiro atoms. The highest BCUT2D eigenvalue weighted by Crippen LogP contribution is 2.27. The van der Waals surface area contributed by atoms with E-state index in [1.165, 1.54) is 5.56 Å². The second-order valence-electron chi connectivity index (χ2n) is 6.94. The Morgan fingerprint density at radius 1 is 0.967 bits per heavy atom. The first kappa shape index (κ1) is 21.1. The molecule has 30 heavy (non-hydrogen) atoms. The van der Waals surface area contributed by atoms with E-state index < -0.39 is 0 Å². The van der Waals surface area contributed by atoms with Gasteiger partial charge in [-0.25, -0.2) is 5.43 Å². The van der Waals surface area contributed by atoms with Crippen LogP contribution in [-0.2, 0) is 11.2 Å². The van der Waals surface area contributed by atoms with Gasteiger partial charge in [0.25, 0.3) is 0 Å². The van der Waals surface area contributed by atoms with E-state index in [1.54, 1.807) is 32.6 Å². The molecule has 0 aromatic heterocycles. The van der Waals surface area contributed by atoms with Crippen LogP contribution in [0.15, 0.2) is 77.9 Å². The highest BCUT2D eigenvalue weighted by atomic mass is 16.5. The zero-order chi connectivity index (χ0) is 21.3. The molecule has 0 aliphatic rings. The van der Waals surface area contributed by atoms with E-state index in [1.807, 2.05) is 48.5 Å². The van der Waals surface area contributed by atoms with Gasteiger partial charge in [0.05, 0.1) is 26.4 Å². The number of aryl methyl sites for hydroxylation is 1. The van der Waals surface area contributed by atoms with Crippen LogP contribution in [0.3, 0.4) is 0 Å². The van der Waals surface area contributed by atoms with Gasteiger partial charge in [0.2, 0.25) is 5.91 Å². The van der Waals surface area contributed by atoms with Gasteiger partial charge in [0, 0.05) is 0 Å². The summed E-state index contributed by atoms with van der Waals surface area (Å²) in [6.07, 6.45) is 2.20. The van der Waals surface area contributed by atoms with E-state index in [4.69, 9.17) is 9.47 Å². The van der Waals surface area contributed by atoms with Crippen molar-refractivity contribution >= 4 is 12.1 Å². The molecule has 1 atom stereocenters. The second-order valence-corrected chi connectivity index (χ2v) is 6.94. The molecule has 3 rings (SSSR count). The summed E-state index contributed by atoms with van der Waals surface area (Å²) in [5.41, 5.74) is 6.76. The Bertz CT molecular complexity index is 1020. The number of amides is 1. The first-order chi connectivity index (χ1) is 14.6. The van der Waals surface area contributed by atoms with Crippen LogP contribution >= 0.6 is 0 Å². The Morgan fingerprint density at radius 3 is 2.37 bits per heavy atom. The van der Waals surface area contributed by atoms with Crippen molar-refractivity contribution in [1.29, 1.82) is 0 Å². The van der Waals surface area contributed by atoms with Crippen molar-refractivity contribution in [2.24, 2.45) is 5.10 Å². The summed E-state index contributed by atoms with van der Waals surface area (Å²) in [6, 6.07) is 23.4. The molecule has 0 fully saturated rings. The summed E-state index contributed by atoms with van der Waals surface area (Å²) >= 11 is 0. The number of carbonyl (C=O) groups is 1. The van der Waals surface area contributed by atoms with Gasteiger partial charge in [-0.3, -0.25) is 4.79 Å².